The van der Waals surface area contributed by atoms with E-state index in [2.05, 4.69) is 19.2 Å². The molecule has 0 fully saturated rings. The van der Waals surface area contributed by atoms with Gasteiger partial charge in [-0.1, -0.05) is 20.8 Å². The number of thioether (sulfide) groups is 1. The van der Waals surface area contributed by atoms with Gasteiger partial charge in [-0.25, -0.2) is 0 Å². The second-order valence-electron chi connectivity index (χ2n) is 3.38. The standard InChI is InChI=1S/C9H19NO2S/c1-4-10-8(9(11)12)6-13-5-7(2)3/h7-8,10H,4-6H2,1-3H3,(H,11,12). The number of carboxylic acid groups (broad SMARTS) is 1. The summed E-state index contributed by atoms with van der Waals surface area (Å²) in [6, 6.07) is -0.395. The van der Waals surface area contributed by atoms with E-state index in [4.69, 9.17) is 5.11 Å². The predicted octanol–water partition coefficient (Wildman–Crippen LogP) is 1.44. The molecule has 0 aliphatic heterocycles. The van der Waals surface area contributed by atoms with Crippen LogP contribution in [0.1, 0.15) is 20.8 Å². The predicted molar refractivity (Wildman–Crippen MR) is 57.3 cm³/mol. The van der Waals surface area contributed by atoms with Crippen LogP contribution >= 0.6 is 11.8 Å². The van der Waals surface area contributed by atoms with Gasteiger partial charge in [0.2, 0.25) is 0 Å². The topological polar surface area (TPSA) is 49.3 Å². The number of likely N-dealkylation sites (N-methyl/N-ethyl adjacent to an activating group) is 1. The Kier molecular flexibility index (Phi) is 7.09. The lowest BCUT2D eigenvalue weighted by Crippen LogP contribution is -2.38. The zero-order valence-corrected chi connectivity index (χ0v) is 9.36. The lowest BCUT2D eigenvalue weighted by Gasteiger charge is -2.13. The van der Waals surface area contributed by atoms with Crippen molar-refractivity contribution in [2.24, 2.45) is 5.92 Å². The molecule has 0 heterocycles. The molecule has 2 N–H and O–H groups in total. The van der Waals surface area contributed by atoms with E-state index in [9.17, 15) is 4.79 Å². The molecule has 1 unspecified atom stereocenters. The summed E-state index contributed by atoms with van der Waals surface area (Å²) in [6.45, 7) is 6.90. The van der Waals surface area contributed by atoms with Crippen LogP contribution in [0.4, 0.5) is 0 Å². The van der Waals surface area contributed by atoms with E-state index in [0.29, 0.717) is 18.2 Å². The summed E-state index contributed by atoms with van der Waals surface area (Å²) >= 11 is 1.69. The Bertz CT molecular complexity index is 151. The number of hydrogen-bond acceptors (Lipinski definition) is 3. The van der Waals surface area contributed by atoms with Crippen LogP contribution in [0.15, 0.2) is 0 Å². The third-order valence-corrected chi connectivity index (χ3v) is 2.96. The van der Waals surface area contributed by atoms with E-state index in [1.54, 1.807) is 11.8 Å². The minimum Gasteiger partial charge on any atom is -0.480 e. The van der Waals surface area contributed by atoms with E-state index in [0.717, 1.165) is 5.75 Å². The number of nitrogens with one attached hydrogen (secondary N) is 1. The zero-order chi connectivity index (χ0) is 10.3. The molecule has 78 valence electrons. The van der Waals surface area contributed by atoms with Gasteiger partial charge in [0.25, 0.3) is 0 Å². The number of rotatable bonds is 7. The van der Waals surface area contributed by atoms with E-state index in [1.807, 2.05) is 6.92 Å². The fourth-order valence-electron chi connectivity index (χ4n) is 0.886. The second-order valence-corrected chi connectivity index (χ2v) is 4.45. The van der Waals surface area contributed by atoms with Gasteiger partial charge in [-0.2, -0.15) is 11.8 Å². The fraction of sp³-hybridized carbons (Fsp3) is 0.889. The van der Waals surface area contributed by atoms with Gasteiger partial charge < -0.3 is 10.4 Å². The maximum absolute atomic E-state index is 10.7. The first-order valence-corrected chi connectivity index (χ1v) is 5.77. The summed E-state index contributed by atoms with van der Waals surface area (Å²) in [5.41, 5.74) is 0. The minimum absolute atomic E-state index is 0.395. The Morgan fingerprint density at radius 1 is 1.46 bits per heavy atom. The Morgan fingerprint density at radius 2 is 2.08 bits per heavy atom. The lowest BCUT2D eigenvalue weighted by atomic mass is 10.3. The largest absolute Gasteiger partial charge is 0.480 e. The lowest BCUT2D eigenvalue weighted by molar-refractivity contribution is -0.138. The van der Waals surface area contributed by atoms with Crippen molar-refractivity contribution >= 4 is 17.7 Å². The highest BCUT2D eigenvalue weighted by molar-refractivity contribution is 7.99. The number of carbonyl (C=O) groups is 1. The van der Waals surface area contributed by atoms with Crippen LogP contribution < -0.4 is 5.32 Å². The molecule has 0 aliphatic rings. The summed E-state index contributed by atoms with van der Waals surface area (Å²) in [6.07, 6.45) is 0. The van der Waals surface area contributed by atoms with E-state index in [-0.39, 0.29) is 0 Å². The third-order valence-electron chi connectivity index (χ3n) is 1.48. The van der Waals surface area contributed by atoms with Crippen LogP contribution in [0.25, 0.3) is 0 Å². The summed E-state index contributed by atoms with van der Waals surface area (Å²) in [5, 5.41) is 11.7. The van der Waals surface area contributed by atoms with Crippen molar-refractivity contribution in [3.63, 3.8) is 0 Å². The van der Waals surface area contributed by atoms with Crippen molar-refractivity contribution in [3.8, 4) is 0 Å². The molecular weight excluding hydrogens is 186 g/mol. The molecule has 3 nitrogen and oxygen atoms in total. The van der Waals surface area contributed by atoms with E-state index in [1.165, 1.54) is 0 Å². The van der Waals surface area contributed by atoms with Crippen LogP contribution in [-0.4, -0.2) is 35.2 Å². The Morgan fingerprint density at radius 3 is 2.46 bits per heavy atom. The molecule has 0 radical (unpaired) electrons. The van der Waals surface area contributed by atoms with Gasteiger partial charge >= 0.3 is 5.97 Å². The molecule has 0 amide bonds. The molecule has 1 atom stereocenters. The molecule has 0 bridgehead atoms. The van der Waals surface area contributed by atoms with Gasteiger partial charge in [-0.05, 0) is 18.2 Å². The molecule has 0 saturated heterocycles. The molecule has 4 heteroatoms. The summed E-state index contributed by atoms with van der Waals surface area (Å²) in [4.78, 5) is 10.7. The monoisotopic (exact) mass is 205 g/mol. The zero-order valence-electron chi connectivity index (χ0n) is 8.54. The minimum atomic E-state index is -0.752. The maximum atomic E-state index is 10.7. The average Bonchev–Trinajstić information content (AvgIpc) is 2.02. The van der Waals surface area contributed by atoms with Gasteiger partial charge in [0.05, 0.1) is 0 Å². The number of aliphatic carboxylic acids is 1. The summed E-state index contributed by atoms with van der Waals surface area (Å²) in [7, 11) is 0. The van der Waals surface area contributed by atoms with Crippen LogP contribution in [0, 0.1) is 5.92 Å². The van der Waals surface area contributed by atoms with Crippen molar-refractivity contribution < 1.29 is 9.90 Å². The van der Waals surface area contributed by atoms with Gasteiger partial charge in [0, 0.05) is 5.75 Å². The van der Waals surface area contributed by atoms with Crippen molar-refractivity contribution in [2.75, 3.05) is 18.1 Å². The maximum Gasteiger partial charge on any atom is 0.321 e. The Hall–Kier alpha value is -0.220. The van der Waals surface area contributed by atoms with Crippen molar-refractivity contribution in [2.45, 2.75) is 26.8 Å². The molecule has 13 heavy (non-hydrogen) atoms. The first-order chi connectivity index (χ1) is 6.07. The molecule has 0 aromatic heterocycles. The van der Waals surface area contributed by atoms with Crippen LogP contribution in [0.2, 0.25) is 0 Å². The quantitative estimate of drug-likeness (QED) is 0.660. The van der Waals surface area contributed by atoms with Gasteiger partial charge in [-0.3, -0.25) is 4.79 Å². The average molecular weight is 205 g/mol. The molecule has 0 aromatic carbocycles. The third kappa shape index (κ3) is 6.90. The van der Waals surface area contributed by atoms with Gasteiger partial charge in [0.15, 0.2) is 0 Å². The summed E-state index contributed by atoms with van der Waals surface area (Å²) < 4.78 is 0. The first kappa shape index (κ1) is 12.8. The summed E-state index contributed by atoms with van der Waals surface area (Å²) in [5.74, 6) is 1.55. The normalized spacial score (nSPS) is 13.2. The van der Waals surface area contributed by atoms with Crippen LogP contribution in [0.5, 0.6) is 0 Å². The second kappa shape index (κ2) is 7.21. The molecule has 0 saturated carbocycles. The van der Waals surface area contributed by atoms with E-state index < -0.39 is 12.0 Å². The highest BCUT2D eigenvalue weighted by atomic mass is 32.2. The van der Waals surface area contributed by atoms with Crippen LogP contribution in [0.3, 0.4) is 0 Å². The molecule has 0 spiro atoms. The van der Waals surface area contributed by atoms with E-state index >= 15 is 0 Å². The molecule has 0 aromatic rings. The smallest absolute Gasteiger partial charge is 0.321 e. The molecular formula is C9H19NO2S. The van der Waals surface area contributed by atoms with Crippen molar-refractivity contribution in [3.05, 3.63) is 0 Å². The van der Waals surface area contributed by atoms with Crippen LogP contribution in [-0.2, 0) is 4.79 Å². The Balaban J connectivity index is 3.63. The highest BCUT2D eigenvalue weighted by Crippen LogP contribution is 2.08. The number of carboxylic acids is 1. The molecule has 0 aliphatic carbocycles. The van der Waals surface area contributed by atoms with Crippen molar-refractivity contribution in [1.29, 1.82) is 0 Å². The van der Waals surface area contributed by atoms with Crippen molar-refractivity contribution in [1.82, 2.24) is 5.32 Å². The Labute approximate surface area is 84.3 Å². The molecule has 0 rings (SSSR count). The number of hydrogen-bond donors (Lipinski definition) is 2. The SMILES string of the molecule is CCNC(CSCC(C)C)C(=O)O. The van der Waals surface area contributed by atoms with Gasteiger partial charge in [-0.15, -0.1) is 0 Å². The highest BCUT2D eigenvalue weighted by Gasteiger charge is 2.15. The fourth-order valence-corrected chi connectivity index (χ4v) is 1.99. The first-order valence-electron chi connectivity index (χ1n) is 4.61. The van der Waals surface area contributed by atoms with Gasteiger partial charge in [0.1, 0.15) is 6.04 Å².